The molecule has 0 fully saturated rings. The van der Waals surface area contributed by atoms with Gasteiger partial charge in [0.15, 0.2) is 6.07 Å². The number of rotatable bonds is 9. The molecule has 7 nitrogen and oxygen atoms in total. The van der Waals surface area contributed by atoms with Gasteiger partial charge in [-0.2, -0.15) is 5.26 Å². The predicted molar refractivity (Wildman–Crippen MR) is 118 cm³/mol. The lowest BCUT2D eigenvalue weighted by molar-refractivity contribution is -0.117. The van der Waals surface area contributed by atoms with Gasteiger partial charge in [0.25, 0.3) is 0 Å². The number of carbonyl (C=O) groups is 2. The third-order valence-corrected chi connectivity index (χ3v) is 4.63. The monoisotopic (exact) mass is 423 g/mol. The van der Waals surface area contributed by atoms with Crippen LogP contribution in [0.25, 0.3) is 0 Å². The molecule has 1 aliphatic carbocycles. The predicted octanol–water partition coefficient (Wildman–Crippen LogP) is 3.91. The molecule has 2 N–H and O–H groups in total. The average molecular weight is 424 g/mol. The Labute approximate surface area is 183 Å². The maximum Gasteiger partial charge on any atom is 0.407 e. The van der Waals surface area contributed by atoms with Gasteiger partial charge in [-0.25, -0.2) is 4.79 Å². The Morgan fingerprint density at radius 3 is 2.71 bits per heavy atom. The molecule has 0 saturated heterocycles. The second kappa shape index (κ2) is 14.7. The second-order valence-corrected chi connectivity index (χ2v) is 7.14. The van der Waals surface area contributed by atoms with Crippen LogP contribution in [0.4, 0.5) is 10.5 Å². The van der Waals surface area contributed by atoms with Crippen LogP contribution in [0.1, 0.15) is 50.5 Å². The Morgan fingerprint density at radius 2 is 1.90 bits per heavy atom. The summed E-state index contributed by atoms with van der Waals surface area (Å²) in [5, 5.41) is 14.0. The van der Waals surface area contributed by atoms with Crippen molar-refractivity contribution in [2.75, 3.05) is 25.1 Å². The molecule has 31 heavy (non-hydrogen) atoms. The van der Waals surface area contributed by atoms with E-state index in [0.29, 0.717) is 37.4 Å². The number of carbonyl (C=O) groups excluding carboxylic acids is 2. The van der Waals surface area contributed by atoms with Crippen LogP contribution in [-0.2, 0) is 14.3 Å². The normalized spacial score (nSPS) is 16.4. The summed E-state index contributed by atoms with van der Waals surface area (Å²) in [6.45, 7) is 1.23. The highest BCUT2D eigenvalue weighted by atomic mass is 16.6. The molecule has 1 aromatic rings. The zero-order chi connectivity index (χ0) is 22.2. The minimum absolute atomic E-state index is 0.0126. The first-order chi connectivity index (χ1) is 15.2. The Hall–Kier alpha value is -3.29. The summed E-state index contributed by atoms with van der Waals surface area (Å²) in [4.78, 5) is 23.8. The van der Waals surface area contributed by atoms with Crippen LogP contribution in [-0.4, -0.2) is 37.9 Å². The van der Waals surface area contributed by atoms with Crippen LogP contribution >= 0.6 is 0 Å². The topological polar surface area (TPSA) is 100 Å². The number of anilines is 1. The van der Waals surface area contributed by atoms with Crippen molar-refractivity contribution in [2.24, 2.45) is 0 Å². The Bertz CT molecular complexity index is 831. The summed E-state index contributed by atoms with van der Waals surface area (Å²) in [5.74, 6) is 4.86. The van der Waals surface area contributed by atoms with Crippen LogP contribution in [0, 0.1) is 23.2 Å². The Morgan fingerprint density at radius 1 is 1.10 bits per heavy atom. The van der Waals surface area contributed by atoms with Crippen LogP contribution in [0.3, 0.4) is 0 Å². The van der Waals surface area contributed by atoms with Crippen molar-refractivity contribution in [1.29, 1.82) is 5.26 Å². The van der Waals surface area contributed by atoms with Crippen molar-refractivity contribution in [3.05, 3.63) is 42.0 Å². The van der Waals surface area contributed by atoms with E-state index >= 15 is 0 Å². The Kier molecular flexibility index (Phi) is 11.3. The van der Waals surface area contributed by atoms with Crippen molar-refractivity contribution in [2.45, 2.75) is 51.0 Å². The van der Waals surface area contributed by atoms with Crippen LogP contribution in [0.15, 0.2) is 36.4 Å². The molecule has 0 radical (unpaired) electrons. The van der Waals surface area contributed by atoms with Crippen LogP contribution < -0.4 is 10.6 Å². The highest BCUT2D eigenvalue weighted by Crippen LogP contribution is 2.15. The van der Waals surface area contributed by atoms with Crippen molar-refractivity contribution in [1.82, 2.24) is 5.32 Å². The van der Waals surface area contributed by atoms with Gasteiger partial charge in [-0.1, -0.05) is 18.1 Å². The number of hydrogen-bond donors (Lipinski definition) is 2. The molecule has 1 aliphatic rings. The van der Waals surface area contributed by atoms with Crippen LogP contribution in [0.2, 0.25) is 0 Å². The summed E-state index contributed by atoms with van der Waals surface area (Å²) in [7, 11) is 0. The molecule has 2 rings (SSSR count). The van der Waals surface area contributed by atoms with Crippen molar-refractivity contribution >= 4 is 17.7 Å². The molecule has 7 heteroatoms. The quantitative estimate of drug-likeness (QED) is 0.356. The van der Waals surface area contributed by atoms with Gasteiger partial charge in [-0.15, -0.1) is 0 Å². The van der Waals surface area contributed by atoms with Crippen LogP contribution in [0.5, 0.6) is 0 Å². The number of benzene rings is 1. The lowest BCUT2D eigenvalue weighted by atomic mass is 10.0. The minimum atomic E-state index is -0.376. The molecule has 1 aromatic carbocycles. The standard InChI is InChI=1S/C24H29N3O4/c25-16-6-8-20-11-13-21(14-12-20)27-23(28)15-19-30-18-7-17-26-24(29)31-22-9-4-2-1-3-5-10-22/h1-2,11-14,22H,3-5,7,9-10,15,17-19H2,(H,26,29)(H,27,28)/b2-1+/t22-/m1/s1. The number of alkyl carbamates (subject to hydrolysis) is 1. The SMILES string of the molecule is N#CC#Cc1ccc(NC(=O)CCOCCCNC(=O)O[C@@H]2CC/C=C/CCC2)cc1. The van der Waals surface area contributed by atoms with Crippen molar-refractivity contribution < 1.29 is 19.1 Å². The molecule has 0 bridgehead atoms. The maximum atomic E-state index is 11.9. The summed E-state index contributed by atoms with van der Waals surface area (Å²) >= 11 is 0. The van der Waals surface area contributed by atoms with Gasteiger partial charge in [-0.05, 0) is 62.8 Å². The zero-order valence-corrected chi connectivity index (χ0v) is 17.7. The number of nitriles is 1. The number of amides is 2. The fraction of sp³-hybridized carbons (Fsp3) is 0.458. The molecule has 1 atom stereocenters. The fourth-order valence-corrected chi connectivity index (χ4v) is 3.03. The number of hydrogen-bond acceptors (Lipinski definition) is 5. The van der Waals surface area contributed by atoms with E-state index in [1.807, 2.05) is 0 Å². The number of allylic oxidation sites excluding steroid dienone is 2. The third kappa shape index (κ3) is 10.9. The van der Waals surface area contributed by atoms with E-state index in [1.165, 1.54) is 0 Å². The lowest BCUT2D eigenvalue weighted by Crippen LogP contribution is -2.30. The number of nitrogens with one attached hydrogen (secondary N) is 2. The molecule has 0 saturated carbocycles. The van der Waals surface area contributed by atoms with Crippen molar-refractivity contribution in [3.8, 4) is 17.9 Å². The second-order valence-electron chi connectivity index (χ2n) is 7.14. The summed E-state index contributed by atoms with van der Waals surface area (Å²) < 4.78 is 10.9. The average Bonchev–Trinajstić information content (AvgIpc) is 2.74. The van der Waals surface area contributed by atoms with Gasteiger partial charge >= 0.3 is 6.09 Å². The summed E-state index contributed by atoms with van der Waals surface area (Å²) in [6, 6.07) is 8.70. The molecule has 2 amide bonds. The fourth-order valence-electron chi connectivity index (χ4n) is 3.03. The number of nitrogens with zero attached hydrogens (tertiary/aromatic N) is 1. The highest BCUT2D eigenvalue weighted by molar-refractivity contribution is 5.90. The molecule has 0 unspecified atom stereocenters. The zero-order valence-electron chi connectivity index (χ0n) is 17.7. The van der Waals surface area contributed by atoms with Gasteiger partial charge in [0.1, 0.15) is 6.10 Å². The first kappa shape index (κ1) is 24.0. The van der Waals surface area contributed by atoms with Gasteiger partial charge in [-0.3, -0.25) is 4.79 Å². The van der Waals surface area contributed by atoms with Crippen molar-refractivity contribution in [3.63, 3.8) is 0 Å². The minimum Gasteiger partial charge on any atom is -0.446 e. The van der Waals surface area contributed by atoms with E-state index in [4.69, 9.17) is 14.7 Å². The van der Waals surface area contributed by atoms with Gasteiger partial charge in [0, 0.05) is 30.3 Å². The molecule has 0 aliphatic heterocycles. The third-order valence-electron chi connectivity index (χ3n) is 4.63. The van der Waals surface area contributed by atoms with Gasteiger partial charge < -0.3 is 20.1 Å². The van der Waals surface area contributed by atoms with E-state index in [9.17, 15) is 9.59 Å². The Balaban J connectivity index is 1.50. The van der Waals surface area contributed by atoms with Gasteiger partial charge in [0.2, 0.25) is 5.91 Å². The smallest absolute Gasteiger partial charge is 0.407 e. The summed E-state index contributed by atoms with van der Waals surface area (Å²) in [5.41, 5.74) is 1.37. The lowest BCUT2D eigenvalue weighted by Gasteiger charge is -2.18. The first-order valence-electron chi connectivity index (χ1n) is 10.6. The van der Waals surface area contributed by atoms with E-state index in [2.05, 4.69) is 34.6 Å². The molecular weight excluding hydrogens is 394 g/mol. The largest absolute Gasteiger partial charge is 0.446 e. The molecule has 164 valence electrons. The van der Waals surface area contributed by atoms with E-state index in [0.717, 1.165) is 32.1 Å². The highest BCUT2D eigenvalue weighted by Gasteiger charge is 2.14. The van der Waals surface area contributed by atoms with E-state index < -0.39 is 0 Å². The van der Waals surface area contributed by atoms with Gasteiger partial charge in [0.05, 0.1) is 13.0 Å². The van der Waals surface area contributed by atoms with E-state index in [-0.39, 0.29) is 24.5 Å². The van der Waals surface area contributed by atoms with E-state index in [1.54, 1.807) is 30.3 Å². The molecular formula is C24H29N3O4. The molecule has 0 heterocycles. The number of ether oxygens (including phenoxy) is 2. The molecule has 0 aromatic heterocycles. The summed E-state index contributed by atoms with van der Waals surface area (Å²) in [6.07, 6.45) is 9.64. The first-order valence-corrected chi connectivity index (χ1v) is 10.6. The molecule has 0 spiro atoms. The maximum absolute atomic E-state index is 11.9.